The Morgan fingerprint density at radius 1 is 1.48 bits per heavy atom. The zero-order valence-electron chi connectivity index (χ0n) is 12.6. The second kappa shape index (κ2) is 7.80. The maximum atomic E-state index is 12.1. The number of nitrogens with zero attached hydrogens (tertiary/aromatic N) is 2. The first-order valence-corrected chi connectivity index (χ1v) is 7.66. The zero-order chi connectivity index (χ0) is 15.1. The van der Waals surface area contributed by atoms with E-state index in [4.69, 9.17) is 0 Å². The van der Waals surface area contributed by atoms with E-state index in [0.717, 1.165) is 31.6 Å². The number of benzene rings is 1. The van der Waals surface area contributed by atoms with Crippen LogP contribution in [0.2, 0.25) is 0 Å². The largest absolute Gasteiger partial charge is 0.355 e. The number of carbonyl (C=O) groups excluding carboxylic acids is 1. The van der Waals surface area contributed by atoms with E-state index in [-0.39, 0.29) is 5.91 Å². The molecule has 1 aliphatic rings. The Morgan fingerprint density at radius 2 is 2.24 bits per heavy atom. The van der Waals surface area contributed by atoms with Crippen molar-refractivity contribution in [3.63, 3.8) is 0 Å². The lowest BCUT2D eigenvalue weighted by molar-refractivity contribution is -0.123. The molecule has 0 aliphatic carbocycles. The average Bonchev–Trinajstić information content (AvgIpc) is 2.99. The van der Waals surface area contributed by atoms with Crippen LogP contribution in [0.15, 0.2) is 30.3 Å². The molecule has 1 N–H and O–H groups in total. The molecule has 2 atom stereocenters. The van der Waals surface area contributed by atoms with E-state index < -0.39 is 5.92 Å². The molecule has 2 rings (SSSR count). The predicted octanol–water partition coefficient (Wildman–Crippen LogP) is 1.83. The minimum atomic E-state index is -0.601. The molecular weight excluding hydrogens is 262 g/mol. The Morgan fingerprint density at radius 3 is 2.86 bits per heavy atom. The molecule has 0 saturated carbocycles. The molecule has 1 saturated heterocycles. The lowest BCUT2D eigenvalue weighted by Crippen LogP contribution is -2.35. The summed E-state index contributed by atoms with van der Waals surface area (Å²) in [4.78, 5) is 14.5. The molecule has 2 unspecified atom stereocenters. The van der Waals surface area contributed by atoms with Gasteiger partial charge in [0.15, 0.2) is 0 Å². The van der Waals surface area contributed by atoms with Gasteiger partial charge in [0.25, 0.3) is 0 Å². The molecule has 21 heavy (non-hydrogen) atoms. The fourth-order valence-electron chi connectivity index (χ4n) is 2.78. The fraction of sp³-hybridized carbons (Fsp3) is 0.529. The summed E-state index contributed by atoms with van der Waals surface area (Å²) in [6, 6.07) is 11.8. The minimum absolute atomic E-state index is 0.142. The van der Waals surface area contributed by atoms with E-state index in [9.17, 15) is 10.1 Å². The van der Waals surface area contributed by atoms with Crippen molar-refractivity contribution in [1.29, 1.82) is 5.26 Å². The summed E-state index contributed by atoms with van der Waals surface area (Å²) >= 11 is 0. The van der Waals surface area contributed by atoms with Crippen molar-refractivity contribution in [3.05, 3.63) is 35.9 Å². The molecule has 1 fully saturated rings. The summed E-state index contributed by atoms with van der Waals surface area (Å²) in [5.74, 6) is -0.225. The summed E-state index contributed by atoms with van der Waals surface area (Å²) in [5, 5.41) is 12.2. The average molecular weight is 285 g/mol. The SMILES string of the molecule is CCN1CCC(CNC(=O)C(C#N)Cc2ccccc2)C1. The predicted molar refractivity (Wildman–Crippen MR) is 82.5 cm³/mol. The van der Waals surface area contributed by atoms with Crippen LogP contribution in [0.25, 0.3) is 0 Å². The lowest BCUT2D eigenvalue weighted by Gasteiger charge is -2.15. The molecule has 1 heterocycles. The Balaban J connectivity index is 1.80. The van der Waals surface area contributed by atoms with Crippen LogP contribution in [0.4, 0.5) is 0 Å². The van der Waals surface area contributed by atoms with Crippen molar-refractivity contribution in [2.75, 3.05) is 26.2 Å². The van der Waals surface area contributed by atoms with Gasteiger partial charge in [-0.3, -0.25) is 4.79 Å². The Hall–Kier alpha value is -1.86. The monoisotopic (exact) mass is 285 g/mol. The number of hydrogen-bond acceptors (Lipinski definition) is 3. The highest BCUT2D eigenvalue weighted by Gasteiger charge is 2.23. The van der Waals surface area contributed by atoms with Crippen LogP contribution in [-0.2, 0) is 11.2 Å². The molecule has 1 amide bonds. The first kappa shape index (κ1) is 15.5. The van der Waals surface area contributed by atoms with Gasteiger partial charge in [0.2, 0.25) is 5.91 Å². The third-order valence-corrected chi connectivity index (χ3v) is 4.14. The van der Waals surface area contributed by atoms with Crippen LogP contribution in [0.1, 0.15) is 18.9 Å². The van der Waals surface area contributed by atoms with E-state index in [1.165, 1.54) is 0 Å². The second-order valence-corrected chi connectivity index (χ2v) is 5.66. The van der Waals surface area contributed by atoms with Gasteiger partial charge in [0, 0.05) is 13.1 Å². The Kier molecular flexibility index (Phi) is 5.77. The molecule has 4 heteroatoms. The summed E-state index contributed by atoms with van der Waals surface area (Å²) in [6.07, 6.45) is 1.61. The van der Waals surface area contributed by atoms with Crippen LogP contribution in [0, 0.1) is 23.2 Å². The quantitative estimate of drug-likeness (QED) is 0.867. The standard InChI is InChI=1S/C17H23N3O/c1-2-20-9-8-15(13-20)12-19-17(21)16(11-18)10-14-6-4-3-5-7-14/h3-7,15-16H,2,8-10,12-13H2,1H3,(H,19,21). The molecule has 1 aromatic carbocycles. The number of hydrogen-bond donors (Lipinski definition) is 1. The normalized spacial score (nSPS) is 19.9. The minimum Gasteiger partial charge on any atom is -0.355 e. The number of carbonyl (C=O) groups is 1. The summed E-state index contributed by atoms with van der Waals surface area (Å²) in [6.45, 7) is 6.07. The molecule has 0 radical (unpaired) electrons. The molecule has 112 valence electrons. The van der Waals surface area contributed by atoms with Gasteiger partial charge in [-0.2, -0.15) is 5.26 Å². The molecule has 1 aliphatic heterocycles. The van der Waals surface area contributed by atoms with E-state index in [1.54, 1.807) is 0 Å². The number of nitrogens with one attached hydrogen (secondary N) is 1. The molecular formula is C17H23N3O. The first-order chi connectivity index (χ1) is 10.2. The number of likely N-dealkylation sites (tertiary alicyclic amines) is 1. The first-order valence-electron chi connectivity index (χ1n) is 7.66. The molecule has 0 bridgehead atoms. The number of amides is 1. The van der Waals surface area contributed by atoms with Crippen molar-refractivity contribution in [2.45, 2.75) is 19.8 Å². The van der Waals surface area contributed by atoms with Crippen LogP contribution in [-0.4, -0.2) is 37.0 Å². The van der Waals surface area contributed by atoms with Crippen molar-refractivity contribution >= 4 is 5.91 Å². The van der Waals surface area contributed by atoms with Gasteiger partial charge in [-0.25, -0.2) is 0 Å². The van der Waals surface area contributed by atoms with Crippen LogP contribution >= 0.6 is 0 Å². The van der Waals surface area contributed by atoms with Gasteiger partial charge < -0.3 is 10.2 Å². The Labute approximate surface area is 126 Å². The Bertz CT molecular complexity index is 495. The highest BCUT2D eigenvalue weighted by Crippen LogP contribution is 2.15. The van der Waals surface area contributed by atoms with Gasteiger partial charge in [0.05, 0.1) is 6.07 Å². The number of rotatable bonds is 6. The highest BCUT2D eigenvalue weighted by molar-refractivity contribution is 5.81. The van der Waals surface area contributed by atoms with Gasteiger partial charge in [-0.05, 0) is 37.4 Å². The van der Waals surface area contributed by atoms with Gasteiger partial charge >= 0.3 is 0 Å². The van der Waals surface area contributed by atoms with E-state index in [2.05, 4.69) is 23.2 Å². The zero-order valence-corrected chi connectivity index (χ0v) is 12.6. The highest BCUT2D eigenvalue weighted by atomic mass is 16.1. The van der Waals surface area contributed by atoms with Crippen molar-refractivity contribution in [3.8, 4) is 6.07 Å². The van der Waals surface area contributed by atoms with Crippen molar-refractivity contribution in [1.82, 2.24) is 10.2 Å². The maximum absolute atomic E-state index is 12.1. The lowest BCUT2D eigenvalue weighted by atomic mass is 9.99. The van der Waals surface area contributed by atoms with Crippen LogP contribution < -0.4 is 5.32 Å². The second-order valence-electron chi connectivity index (χ2n) is 5.66. The molecule has 4 nitrogen and oxygen atoms in total. The smallest absolute Gasteiger partial charge is 0.237 e. The molecule has 0 spiro atoms. The van der Waals surface area contributed by atoms with E-state index in [1.807, 2.05) is 30.3 Å². The van der Waals surface area contributed by atoms with Crippen LogP contribution in [0.5, 0.6) is 0 Å². The fourth-order valence-corrected chi connectivity index (χ4v) is 2.78. The summed E-state index contributed by atoms with van der Waals surface area (Å²) < 4.78 is 0. The van der Waals surface area contributed by atoms with Gasteiger partial charge in [-0.1, -0.05) is 37.3 Å². The molecule has 0 aromatic heterocycles. The third-order valence-electron chi connectivity index (χ3n) is 4.14. The van der Waals surface area contributed by atoms with E-state index >= 15 is 0 Å². The summed E-state index contributed by atoms with van der Waals surface area (Å²) in [5.41, 5.74) is 1.03. The van der Waals surface area contributed by atoms with Crippen molar-refractivity contribution < 1.29 is 4.79 Å². The van der Waals surface area contributed by atoms with Crippen molar-refractivity contribution in [2.24, 2.45) is 11.8 Å². The maximum Gasteiger partial charge on any atom is 0.237 e. The third kappa shape index (κ3) is 4.57. The van der Waals surface area contributed by atoms with Crippen LogP contribution in [0.3, 0.4) is 0 Å². The molecule has 1 aromatic rings. The van der Waals surface area contributed by atoms with E-state index in [0.29, 0.717) is 18.9 Å². The van der Waals surface area contributed by atoms with Gasteiger partial charge in [0.1, 0.15) is 5.92 Å². The summed E-state index contributed by atoms with van der Waals surface area (Å²) in [7, 11) is 0. The number of nitriles is 1. The topological polar surface area (TPSA) is 56.1 Å². The van der Waals surface area contributed by atoms with Gasteiger partial charge in [-0.15, -0.1) is 0 Å².